The van der Waals surface area contributed by atoms with Crippen molar-refractivity contribution in [3.63, 3.8) is 0 Å². The number of hydrogen-bond donors (Lipinski definition) is 3. The molecule has 0 bridgehead atoms. The summed E-state index contributed by atoms with van der Waals surface area (Å²) in [6, 6.07) is 0. The van der Waals surface area contributed by atoms with Crippen LogP contribution in [0.15, 0.2) is 6.33 Å². The van der Waals surface area contributed by atoms with Crippen LogP contribution in [0.1, 0.15) is 12.6 Å². The summed E-state index contributed by atoms with van der Waals surface area (Å²) < 4.78 is 7.25. The van der Waals surface area contributed by atoms with Crippen LogP contribution in [-0.2, 0) is 4.74 Å². The second-order valence-corrected chi connectivity index (χ2v) is 5.26. The maximum atomic E-state index is 10.1. The Hall–Kier alpha value is -1.97. The number of nitrogen functional groups attached to an aromatic ring is 1. The maximum Gasteiger partial charge on any atom is 0.224 e. The summed E-state index contributed by atoms with van der Waals surface area (Å²) in [6.45, 7) is -0.139. The summed E-state index contributed by atoms with van der Waals surface area (Å²) >= 11 is 0. The SMILES string of the molecule is CN(C)c1nc(N)nc2c1ncn2[C@H]1O[C@@H](CO)C[C@H]1O. The van der Waals surface area contributed by atoms with Crippen LogP contribution in [0, 0.1) is 0 Å². The number of hydrogen-bond acceptors (Lipinski definition) is 8. The fraction of sp³-hybridized carbons (Fsp3) is 0.583. The third-order valence-corrected chi connectivity index (χ3v) is 3.49. The van der Waals surface area contributed by atoms with Gasteiger partial charge in [0.1, 0.15) is 6.10 Å². The molecule has 21 heavy (non-hydrogen) atoms. The molecule has 4 N–H and O–H groups in total. The van der Waals surface area contributed by atoms with Gasteiger partial charge in [-0.05, 0) is 0 Å². The Labute approximate surface area is 121 Å². The molecule has 2 aromatic heterocycles. The average molecular weight is 294 g/mol. The summed E-state index contributed by atoms with van der Waals surface area (Å²) in [5, 5.41) is 19.3. The fourth-order valence-electron chi connectivity index (χ4n) is 2.51. The number of imidazole rings is 1. The number of fused-ring (bicyclic) bond motifs is 1. The topological polar surface area (TPSA) is 123 Å². The highest BCUT2D eigenvalue weighted by Crippen LogP contribution is 2.32. The van der Waals surface area contributed by atoms with Crippen molar-refractivity contribution in [2.75, 3.05) is 31.3 Å². The summed E-state index contributed by atoms with van der Waals surface area (Å²) in [5.74, 6) is 0.724. The Kier molecular flexibility index (Phi) is 3.40. The van der Waals surface area contributed by atoms with E-state index in [4.69, 9.17) is 15.6 Å². The lowest BCUT2D eigenvalue weighted by atomic mass is 10.2. The molecule has 0 unspecified atom stereocenters. The molecule has 1 saturated heterocycles. The molecule has 3 rings (SSSR count). The molecule has 0 radical (unpaired) electrons. The number of nitrogens with zero attached hydrogens (tertiary/aromatic N) is 5. The van der Waals surface area contributed by atoms with Gasteiger partial charge in [0.25, 0.3) is 0 Å². The molecule has 1 aliphatic heterocycles. The summed E-state index contributed by atoms with van der Waals surface area (Å²) in [7, 11) is 3.67. The average Bonchev–Trinajstić information content (AvgIpc) is 3.00. The second-order valence-electron chi connectivity index (χ2n) is 5.26. The van der Waals surface area contributed by atoms with Crippen LogP contribution in [0.25, 0.3) is 11.2 Å². The first kappa shape index (κ1) is 14.0. The highest BCUT2D eigenvalue weighted by molar-refractivity contribution is 5.84. The standard InChI is InChI=1S/C12H18N6O3/c1-17(2)9-8-10(16-12(13)15-9)18(5-14-8)11-7(20)3-6(4-19)21-11/h5-7,11,19-20H,3-4H2,1-2H3,(H2,13,15,16)/t6-,7-,11+/m1/s1. The van der Waals surface area contributed by atoms with E-state index in [2.05, 4.69) is 15.0 Å². The van der Waals surface area contributed by atoms with Crippen molar-refractivity contribution in [1.29, 1.82) is 0 Å². The van der Waals surface area contributed by atoms with Gasteiger partial charge in [-0.25, -0.2) is 4.98 Å². The van der Waals surface area contributed by atoms with Crippen molar-refractivity contribution in [1.82, 2.24) is 19.5 Å². The van der Waals surface area contributed by atoms with Gasteiger partial charge in [-0.2, -0.15) is 9.97 Å². The van der Waals surface area contributed by atoms with Gasteiger partial charge in [0.2, 0.25) is 5.95 Å². The molecule has 0 spiro atoms. The molecule has 1 fully saturated rings. The maximum absolute atomic E-state index is 10.1. The highest BCUT2D eigenvalue weighted by Gasteiger charge is 2.36. The number of aliphatic hydroxyl groups excluding tert-OH is 2. The predicted molar refractivity (Wildman–Crippen MR) is 75.7 cm³/mol. The number of aliphatic hydroxyl groups is 2. The fourth-order valence-corrected chi connectivity index (χ4v) is 2.51. The van der Waals surface area contributed by atoms with E-state index in [0.717, 1.165) is 0 Å². The number of anilines is 2. The van der Waals surface area contributed by atoms with Gasteiger partial charge >= 0.3 is 0 Å². The molecule has 9 nitrogen and oxygen atoms in total. The Morgan fingerprint density at radius 3 is 2.86 bits per heavy atom. The zero-order valence-electron chi connectivity index (χ0n) is 11.8. The van der Waals surface area contributed by atoms with E-state index < -0.39 is 18.4 Å². The normalized spacial score (nSPS) is 25.6. The molecule has 0 saturated carbocycles. The Morgan fingerprint density at radius 1 is 1.48 bits per heavy atom. The first-order chi connectivity index (χ1) is 10.0. The van der Waals surface area contributed by atoms with Crippen LogP contribution < -0.4 is 10.6 Å². The summed E-state index contributed by atoms with van der Waals surface area (Å²) in [5.41, 5.74) is 6.82. The number of nitrogens with two attached hydrogens (primary N) is 1. The molecule has 9 heteroatoms. The van der Waals surface area contributed by atoms with E-state index in [9.17, 15) is 5.11 Å². The highest BCUT2D eigenvalue weighted by atomic mass is 16.5. The molecule has 3 heterocycles. The lowest BCUT2D eigenvalue weighted by Crippen LogP contribution is -2.20. The van der Waals surface area contributed by atoms with Gasteiger partial charge in [-0.3, -0.25) is 4.57 Å². The third kappa shape index (κ3) is 2.28. The zero-order chi connectivity index (χ0) is 15.1. The number of aromatic nitrogens is 4. The molecule has 3 atom stereocenters. The smallest absolute Gasteiger partial charge is 0.224 e. The van der Waals surface area contributed by atoms with Crippen LogP contribution in [0.5, 0.6) is 0 Å². The van der Waals surface area contributed by atoms with E-state index in [1.54, 1.807) is 15.8 Å². The predicted octanol–water partition coefficient (Wildman–Crippen LogP) is -0.885. The van der Waals surface area contributed by atoms with E-state index >= 15 is 0 Å². The lowest BCUT2D eigenvalue weighted by Gasteiger charge is -2.17. The van der Waals surface area contributed by atoms with Crippen LogP contribution in [0.3, 0.4) is 0 Å². The minimum absolute atomic E-state index is 0.124. The first-order valence-electron chi connectivity index (χ1n) is 6.63. The van der Waals surface area contributed by atoms with Crippen molar-refractivity contribution >= 4 is 22.9 Å². The van der Waals surface area contributed by atoms with E-state index in [1.807, 2.05) is 14.1 Å². The van der Waals surface area contributed by atoms with E-state index in [0.29, 0.717) is 23.4 Å². The molecular weight excluding hydrogens is 276 g/mol. The van der Waals surface area contributed by atoms with Crippen molar-refractivity contribution < 1.29 is 14.9 Å². The zero-order valence-corrected chi connectivity index (χ0v) is 11.8. The molecule has 0 amide bonds. The molecule has 114 valence electrons. The van der Waals surface area contributed by atoms with Crippen molar-refractivity contribution in [2.45, 2.75) is 24.9 Å². The molecule has 0 aromatic carbocycles. The van der Waals surface area contributed by atoms with E-state index in [1.165, 1.54) is 0 Å². The van der Waals surface area contributed by atoms with Gasteiger partial charge < -0.3 is 25.6 Å². The third-order valence-electron chi connectivity index (χ3n) is 3.49. The quantitative estimate of drug-likeness (QED) is 0.666. The largest absolute Gasteiger partial charge is 0.394 e. The molecular formula is C12H18N6O3. The monoisotopic (exact) mass is 294 g/mol. The van der Waals surface area contributed by atoms with Crippen LogP contribution in [0.2, 0.25) is 0 Å². The van der Waals surface area contributed by atoms with Crippen molar-refractivity contribution in [3.05, 3.63) is 6.33 Å². The van der Waals surface area contributed by atoms with Crippen molar-refractivity contribution in [2.24, 2.45) is 0 Å². The van der Waals surface area contributed by atoms with Gasteiger partial charge in [0.05, 0.1) is 19.0 Å². The Bertz CT molecular complexity index is 658. The number of ether oxygens (including phenoxy) is 1. The lowest BCUT2D eigenvalue weighted by molar-refractivity contribution is -0.0486. The molecule has 1 aliphatic rings. The Morgan fingerprint density at radius 2 is 2.24 bits per heavy atom. The minimum atomic E-state index is -0.737. The minimum Gasteiger partial charge on any atom is -0.394 e. The van der Waals surface area contributed by atoms with Gasteiger partial charge in [0, 0.05) is 20.5 Å². The van der Waals surface area contributed by atoms with Gasteiger partial charge in [0.15, 0.2) is 23.2 Å². The second kappa shape index (κ2) is 5.10. The summed E-state index contributed by atoms with van der Waals surface area (Å²) in [6.07, 6.45) is 0.131. The first-order valence-corrected chi connectivity index (χ1v) is 6.63. The van der Waals surface area contributed by atoms with Crippen molar-refractivity contribution in [3.8, 4) is 0 Å². The number of rotatable bonds is 3. The van der Waals surface area contributed by atoms with Crippen LogP contribution in [0.4, 0.5) is 11.8 Å². The molecule has 0 aliphatic carbocycles. The van der Waals surface area contributed by atoms with E-state index in [-0.39, 0.29) is 12.6 Å². The summed E-state index contributed by atoms with van der Waals surface area (Å²) in [4.78, 5) is 14.4. The van der Waals surface area contributed by atoms with Gasteiger partial charge in [-0.1, -0.05) is 0 Å². The van der Waals surface area contributed by atoms with Gasteiger partial charge in [-0.15, -0.1) is 0 Å². The van der Waals surface area contributed by atoms with Crippen LogP contribution in [-0.4, -0.2) is 62.6 Å². The van der Waals surface area contributed by atoms with Crippen LogP contribution >= 0.6 is 0 Å². The molecule has 2 aromatic rings. The Balaban J connectivity index is 2.08.